The Morgan fingerprint density at radius 3 is 2.67 bits per heavy atom. The highest BCUT2D eigenvalue weighted by Crippen LogP contribution is 2.26. The van der Waals surface area contributed by atoms with Crippen LogP contribution in [-0.2, 0) is 4.79 Å². The molecule has 2 rings (SSSR count). The third-order valence-corrected chi connectivity index (χ3v) is 4.10. The zero-order valence-corrected chi connectivity index (χ0v) is 10.8. The second-order valence-electron chi connectivity index (χ2n) is 5.56. The minimum atomic E-state index is -0.430. The Bertz CT molecular complexity index is 279. The molecular weight excluding hydrogens is 232 g/mol. The number of amides is 1. The molecule has 1 heterocycles. The van der Waals surface area contributed by atoms with Crippen LogP contribution < -0.4 is 10.6 Å². The maximum absolute atomic E-state index is 11.8. The van der Waals surface area contributed by atoms with Crippen molar-refractivity contribution in [2.45, 2.75) is 56.8 Å². The number of hydrogen-bond acceptors (Lipinski definition) is 4. The van der Waals surface area contributed by atoms with E-state index in [0.29, 0.717) is 25.4 Å². The summed E-state index contributed by atoms with van der Waals surface area (Å²) in [7, 11) is 0. The average molecular weight is 256 g/mol. The van der Waals surface area contributed by atoms with Gasteiger partial charge in [-0.1, -0.05) is 19.3 Å². The predicted molar refractivity (Wildman–Crippen MR) is 68.0 cm³/mol. The number of nitrogens with one attached hydrogen (secondary N) is 2. The van der Waals surface area contributed by atoms with Gasteiger partial charge in [0.1, 0.15) is 0 Å². The first-order chi connectivity index (χ1) is 8.66. The fourth-order valence-electron chi connectivity index (χ4n) is 2.93. The molecule has 2 fully saturated rings. The van der Waals surface area contributed by atoms with Gasteiger partial charge in [0.05, 0.1) is 18.2 Å². The zero-order valence-electron chi connectivity index (χ0n) is 10.8. The molecule has 0 aromatic rings. The Kier molecular flexibility index (Phi) is 4.97. The molecule has 4 N–H and O–H groups in total. The molecular formula is C13H24N2O3. The second-order valence-corrected chi connectivity index (χ2v) is 5.56. The minimum absolute atomic E-state index is 0.110. The van der Waals surface area contributed by atoms with E-state index in [-0.39, 0.29) is 11.9 Å². The number of aliphatic hydroxyl groups is 2. The van der Waals surface area contributed by atoms with Crippen molar-refractivity contribution < 1.29 is 15.0 Å². The van der Waals surface area contributed by atoms with Crippen molar-refractivity contribution in [3.8, 4) is 0 Å². The summed E-state index contributed by atoms with van der Waals surface area (Å²) in [5.41, 5.74) is 0. The maximum atomic E-state index is 11.8. The molecule has 2 aliphatic rings. The molecule has 3 atom stereocenters. The molecule has 5 heteroatoms. The zero-order chi connectivity index (χ0) is 13.0. The van der Waals surface area contributed by atoms with Crippen LogP contribution in [0.15, 0.2) is 0 Å². The van der Waals surface area contributed by atoms with E-state index < -0.39 is 12.2 Å². The molecule has 1 amide bonds. The van der Waals surface area contributed by atoms with Crippen molar-refractivity contribution in [2.75, 3.05) is 13.1 Å². The number of carbonyl (C=O) groups excluding carboxylic acids is 1. The van der Waals surface area contributed by atoms with Gasteiger partial charge < -0.3 is 20.8 Å². The SMILES string of the molecule is O=C(NC[C@H](O)C1CCCCC1)[C@H]1C[C@H](O)CN1. The van der Waals surface area contributed by atoms with Crippen molar-refractivity contribution in [1.29, 1.82) is 0 Å². The molecule has 1 saturated carbocycles. The van der Waals surface area contributed by atoms with Crippen molar-refractivity contribution in [2.24, 2.45) is 5.92 Å². The van der Waals surface area contributed by atoms with Crippen LogP contribution in [0.1, 0.15) is 38.5 Å². The van der Waals surface area contributed by atoms with Crippen LogP contribution in [-0.4, -0.2) is 47.5 Å². The molecule has 0 aromatic carbocycles. The Labute approximate surface area is 108 Å². The van der Waals surface area contributed by atoms with Gasteiger partial charge in [0.15, 0.2) is 0 Å². The van der Waals surface area contributed by atoms with Crippen LogP contribution in [0.5, 0.6) is 0 Å². The van der Waals surface area contributed by atoms with E-state index in [0.717, 1.165) is 12.8 Å². The van der Waals surface area contributed by atoms with Crippen LogP contribution in [0.2, 0.25) is 0 Å². The molecule has 1 aliphatic heterocycles. The Morgan fingerprint density at radius 2 is 2.06 bits per heavy atom. The van der Waals surface area contributed by atoms with Gasteiger partial charge in [-0.15, -0.1) is 0 Å². The predicted octanol–water partition coefficient (Wildman–Crippen LogP) is -0.233. The molecule has 0 radical (unpaired) electrons. The topological polar surface area (TPSA) is 81.6 Å². The smallest absolute Gasteiger partial charge is 0.237 e. The number of rotatable bonds is 4. The third kappa shape index (κ3) is 3.67. The Morgan fingerprint density at radius 1 is 1.33 bits per heavy atom. The van der Waals surface area contributed by atoms with Crippen LogP contribution in [0, 0.1) is 5.92 Å². The number of hydrogen-bond donors (Lipinski definition) is 4. The summed E-state index contributed by atoms with van der Waals surface area (Å²) < 4.78 is 0. The van der Waals surface area contributed by atoms with Gasteiger partial charge in [-0.3, -0.25) is 4.79 Å². The van der Waals surface area contributed by atoms with E-state index in [1.54, 1.807) is 0 Å². The maximum Gasteiger partial charge on any atom is 0.237 e. The standard InChI is InChI=1S/C13H24N2O3/c16-10-6-11(14-7-10)13(18)15-8-12(17)9-4-2-1-3-5-9/h9-12,14,16-17H,1-8H2,(H,15,18)/t10-,11+,12-/m0/s1. The van der Waals surface area contributed by atoms with Gasteiger partial charge in [-0.2, -0.15) is 0 Å². The molecule has 18 heavy (non-hydrogen) atoms. The molecule has 0 aromatic heterocycles. The lowest BCUT2D eigenvalue weighted by molar-refractivity contribution is -0.123. The lowest BCUT2D eigenvalue weighted by Gasteiger charge is -2.27. The van der Waals surface area contributed by atoms with E-state index in [1.807, 2.05) is 0 Å². The first kappa shape index (κ1) is 13.8. The van der Waals surface area contributed by atoms with Crippen LogP contribution >= 0.6 is 0 Å². The normalized spacial score (nSPS) is 31.2. The average Bonchev–Trinajstić information content (AvgIpc) is 2.83. The lowest BCUT2D eigenvalue weighted by Crippen LogP contribution is -2.44. The molecule has 1 saturated heterocycles. The first-order valence-electron chi connectivity index (χ1n) is 7.04. The van der Waals surface area contributed by atoms with Crippen molar-refractivity contribution >= 4 is 5.91 Å². The van der Waals surface area contributed by atoms with E-state index in [9.17, 15) is 15.0 Å². The number of β-amino-alcohol motifs (C(OH)–C–C–N with tert-alkyl or cyclic N) is 1. The van der Waals surface area contributed by atoms with E-state index in [1.165, 1.54) is 19.3 Å². The third-order valence-electron chi connectivity index (χ3n) is 4.10. The molecule has 104 valence electrons. The summed E-state index contributed by atoms with van der Waals surface area (Å²) in [4.78, 5) is 11.8. The van der Waals surface area contributed by atoms with Gasteiger partial charge in [-0.05, 0) is 25.2 Å². The highest BCUT2D eigenvalue weighted by atomic mass is 16.3. The summed E-state index contributed by atoms with van der Waals surface area (Å²) in [6, 6.07) is -0.307. The van der Waals surface area contributed by atoms with E-state index >= 15 is 0 Å². The summed E-state index contributed by atoms with van der Waals surface area (Å²) in [6.45, 7) is 0.807. The van der Waals surface area contributed by atoms with Crippen molar-refractivity contribution in [1.82, 2.24) is 10.6 Å². The molecule has 1 aliphatic carbocycles. The van der Waals surface area contributed by atoms with Gasteiger partial charge in [-0.25, -0.2) is 0 Å². The highest BCUT2D eigenvalue weighted by Gasteiger charge is 2.29. The quantitative estimate of drug-likeness (QED) is 0.560. The fourth-order valence-corrected chi connectivity index (χ4v) is 2.93. The van der Waals surface area contributed by atoms with E-state index in [2.05, 4.69) is 10.6 Å². The van der Waals surface area contributed by atoms with Crippen LogP contribution in [0.25, 0.3) is 0 Å². The van der Waals surface area contributed by atoms with Crippen LogP contribution in [0.4, 0.5) is 0 Å². The summed E-state index contributed by atoms with van der Waals surface area (Å²) in [5, 5.41) is 25.1. The molecule has 0 bridgehead atoms. The van der Waals surface area contributed by atoms with E-state index in [4.69, 9.17) is 0 Å². The lowest BCUT2D eigenvalue weighted by atomic mass is 9.85. The Balaban J connectivity index is 1.68. The minimum Gasteiger partial charge on any atom is -0.392 e. The number of aliphatic hydroxyl groups excluding tert-OH is 2. The monoisotopic (exact) mass is 256 g/mol. The first-order valence-corrected chi connectivity index (χ1v) is 7.04. The van der Waals surface area contributed by atoms with Gasteiger partial charge in [0.25, 0.3) is 0 Å². The van der Waals surface area contributed by atoms with Crippen molar-refractivity contribution in [3.63, 3.8) is 0 Å². The van der Waals surface area contributed by atoms with Gasteiger partial charge in [0.2, 0.25) is 5.91 Å². The summed E-state index contributed by atoms with van der Waals surface area (Å²) in [6.07, 6.45) is 5.38. The molecule has 0 spiro atoms. The van der Waals surface area contributed by atoms with Crippen molar-refractivity contribution in [3.05, 3.63) is 0 Å². The highest BCUT2D eigenvalue weighted by molar-refractivity contribution is 5.82. The molecule has 5 nitrogen and oxygen atoms in total. The molecule has 0 unspecified atom stereocenters. The summed E-state index contributed by atoms with van der Waals surface area (Å²) >= 11 is 0. The second kappa shape index (κ2) is 6.50. The van der Waals surface area contributed by atoms with Gasteiger partial charge >= 0.3 is 0 Å². The largest absolute Gasteiger partial charge is 0.392 e. The Hall–Kier alpha value is -0.650. The summed E-state index contributed by atoms with van der Waals surface area (Å²) in [5.74, 6) is 0.225. The fraction of sp³-hybridized carbons (Fsp3) is 0.923. The van der Waals surface area contributed by atoms with Gasteiger partial charge in [0, 0.05) is 13.1 Å². The van der Waals surface area contributed by atoms with Crippen LogP contribution in [0.3, 0.4) is 0 Å². The number of carbonyl (C=O) groups is 1.